The predicted molar refractivity (Wildman–Crippen MR) is 116 cm³/mol. The van der Waals surface area contributed by atoms with Gasteiger partial charge in [-0.05, 0) is 45.2 Å². The minimum atomic E-state index is -0.983. The molecule has 2 amide bonds. The monoisotopic (exact) mass is 405 g/mol. The van der Waals surface area contributed by atoms with Gasteiger partial charge in [0.1, 0.15) is 5.54 Å². The second-order valence-corrected chi connectivity index (χ2v) is 8.40. The molecule has 7 nitrogen and oxygen atoms in total. The molecule has 0 atom stereocenters. The quantitative estimate of drug-likeness (QED) is 0.678. The Kier molecular flexibility index (Phi) is 5.05. The normalized spacial score (nSPS) is 15.6. The first kappa shape index (κ1) is 20.1. The molecular weight excluding hydrogens is 378 g/mol. The number of nitrogens with one attached hydrogen (secondary N) is 1. The van der Waals surface area contributed by atoms with E-state index in [0.29, 0.717) is 35.1 Å². The van der Waals surface area contributed by atoms with Gasteiger partial charge in [-0.2, -0.15) is 5.10 Å². The third-order valence-electron chi connectivity index (χ3n) is 6.00. The van der Waals surface area contributed by atoms with E-state index >= 15 is 0 Å². The number of benzene rings is 1. The molecule has 0 radical (unpaired) electrons. The lowest BCUT2D eigenvalue weighted by molar-refractivity contribution is -0.123. The van der Waals surface area contributed by atoms with Gasteiger partial charge >= 0.3 is 0 Å². The van der Waals surface area contributed by atoms with Crippen molar-refractivity contribution in [3.8, 4) is 11.3 Å². The molecule has 30 heavy (non-hydrogen) atoms. The van der Waals surface area contributed by atoms with Crippen molar-refractivity contribution in [3.63, 3.8) is 0 Å². The number of aryl methyl sites for hydroxylation is 1. The fourth-order valence-corrected chi connectivity index (χ4v) is 4.28. The summed E-state index contributed by atoms with van der Waals surface area (Å²) in [5.41, 5.74) is 8.52. The van der Waals surface area contributed by atoms with Gasteiger partial charge in [0.05, 0.1) is 22.8 Å². The highest BCUT2D eigenvalue weighted by Crippen LogP contribution is 2.32. The molecule has 0 spiro atoms. The van der Waals surface area contributed by atoms with Gasteiger partial charge in [-0.25, -0.2) is 9.67 Å². The number of amides is 2. The molecule has 2 heterocycles. The Morgan fingerprint density at radius 3 is 2.53 bits per heavy atom. The van der Waals surface area contributed by atoms with Crippen LogP contribution in [0.5, 0.6) is 0 Å². The van der Waals surface area contributed by atoms with Crippen LogP contribution in [0.1, 0.15) is 61.5 Å². The van der Waals surface area contributed by atoms with Crippen molar-refractivity contribution in [1.82, 2.24) is 20.1 Å². The average molecular weight is 406 g/mol. The summed E-state index contributed by atoms with van der Waals surface area (Å²) in [7, 11) is 0. The standard InChI is InChI=1S/C23H27N5O2/c1-14(2)28-20-18(13-25-28)17(12-19(26-20)16-9-5-4-8-15(16)3)21(29)27-23(22(24)30)10-6-7-11-23/h4-5,8-9,12-14H,6-7,10-11H2,1-3H3,(H2,24,30)(H,27,29). The maximum absolute atomic E-state index is 13.4. The van der Waals surface area contributed by atoms with Crippen LogP contribution in [0.15, 0.2) is 36.5 Å². The number of pyridine rings is 1. The number of hydrogen-bond acceptors (Lipinski definition) is 4. The van der Waals surface area contributed by atoms with E-state index in [4.69, 9.17) is 10.7 Å². The Hall–Kier alpha value is -3.22. The minimum Gasteiger partial charge on any atom is -0.368 e. The Morgan fingerprint density at radius 2 is 1.90 bits per heavy atom. The van der Waals surface area contributed by atoms with E-state index < -0.39 is 11.4 Å². The number of nitrogens with two attached hydrogens (primary N) is 1. The third-order valence-corrected chi connectivity index (χ3v) is 6.00. The van der Waals surface area contributed by atoms with Gasteiger partial charge in [-0.1, -0.05) is 37.1 Å². The van der Waals surface area contributed by atoms with E-state index in [1.165, 1.54) is 0 Å². The molecule has 156 valence electrons. The van der Waals surface area contributed by atoms with Crippen molar-refractivity contribution in [2.75, 3.05) is 0 Å². The smallest absolute Gasteiger partial charge is 0.253 e. The van der Waals surface area contributed by atoms with Crippen molar-refractivity contribution >= 4 is 22.8 Å². The zero-order chi connectivity index (χ0) is 21.5. The van der Waals surface area contributed by atoms with Crippen LogP contribution in [0.4, 0.5) is 0 Å². The van der Waals surface area contributed by atoms with Crippen molar-refractivity contribution in [2.24, 2.45) is 5.73 Å². The first-order valence-corrected chi connectivity index (χ1v) is 10.4. The number of hydrogen-bond donors (Lipinski definition) is 2. The maximum atomic E-state index is 13.4. The van der Waals surface area contributed by atoms with Gasteiger partial charge in [0.25, 0.3) is 5.91 Å². The molecule has 0 saturated heterocycles. The van der Waals surface area contributed by atoms with Crippen LogP contribution in [0.25, 0.3) is 22.3 Å². The van der Waals surface area contributed by atoms with E-state index in [9.17, 15) is 9.59 Å². The van der Waals surface area contributed by atoms with Crippen LogP contribution < -0.4 is 11.1 Å². The van der Waals surface area contributed by atoms with E-state index in [1.54, 1.807) is 12.3 Å². The molecule has 7 heteroatoms. The Balaban J connectivity index is 1.87. The molecule has 0 unspecified atom stereocenters. The molecule has 1 aliphatic rings. The van der Waals surface area contributed by atoms with Crippen molar-refractivity contribution in [1.29, 1.82) is 0 Å². The highest BCUT2D eigenvalue weighted by molar-refractivity contribution is 6.08. The van der Waals surface area contributed by atoms with Crippen molar-refractivity contribution in [2.45, 2.75) is 58.0 Å². The third kappa shape index (κ3) is 3.34. The molecule has 1 fully saturated rings. The molecule has 4 rings (SSSR count). The summed E-state index contributed by atoms with van der Waals surface area (Å²) in [5, 5.41) is 8.08. The highest BCUT2D eigenvalue weighted by Gasteiger charge is 2.41. The molecule has 1 saturated carbocycles. The molecular formula is C23H27N5O2. The lowest BCUT2D eigenvalue weighted by atomic mass is 9.95. The van der Waals surface area contributed by atoms with Crippen LogP contribution in [0.2, 0.25) is 0 Å². The van der Waals surface area contributed by atoms with Crippen LogP contribution >= 0.6 is 0 Å². The van der Waals surface area contributed by atoms with Crippen molar-refractivity contribution < 1.29 is 9.59 Å². The molecule has 0 aliphatic heterocycles. The number of aromatic nitrogens is 3. The van der Waals surface area contributed by atoms with Crippen molar-refractivity contribution in [3.05, 3.63) is 47.7 Å². The van der Waals surface area contributed by atoms with E-state index in [0.717, 1.165) is 24.0 Å². The van der Waals surface area contributed by atoms with Gasteiger partial charge in [-0.15, -0.1) is 0 Å². The Labute approximate surface area is 175 Å². The largest absolute Gasteiger partial charge is 0.368 e. The van der Waals surface area contributed by atoms with Crippen LogP contribution in [0, 0.1) is 6.92 Å². The zero-order valence-electron chi connectivity index (χ0n) is 17.6. The SMILES string of the molecule is Cc1ccccc1-c1cc(C(=O)NC2(C(N)=O)CCCC2)c2cnn(C(C)C)c2n1. The first-order valence-electron chi connectivity index (χ1n) is 10.4. The summed E-state index contributed by atoms with van der Waals surface area (Å²) < 4.78 is 1.81. The zero-order valence-corrected chi connectivity index (χ0v) is 17.6. The topological polar surface area (TPSA) is 103 Å². The van der Waals surface area contributed by atoms with E-state index in [-0.39, 0.29) is 11.9 Å². The Morgan fingerprint density at radius 1 is 1.20 bits per heavy atom. The highest BCUT2D eigenvalue weighted by atomic mass is 16.2. The fourth-order valence-electron chi connectivity index (χ4n) is 4.28. The molecule has 1 aliphatic carbocycles. The second-order valence-electron chi connectivity index (χ2n) is 8.40. The number of primary amides is 1. The van der Waals surface area contributed by atoms with Crippen LogP contribution in [-0.4, -0.2) is 32.1 Å². The number of fused-ring (bicyclic) bond motifs is 1. The van der Waals surface area contributed by atoms with Gasteiger partial charge in [0, 0.05) is 11.6 Å². The van der Waals surface area contributed by atoms with E-state index in [2.05, 4.69) is 10.4 Å². The summed E-state index contributed by atoms with van der Waals surface area (Å²) >= 11 is 0. The summed E-state index contributed by atoms with van der Waals surface area (Å²) in [5.74, 6) is -0.795. The molecule has 3 aromatic rings. The maximum Gasteiger partial charge on any atom is 0.253 e. The summed E-state index contributed by atoms with van der Waals surface area (Å²) in [4.78, 5) is 30.4. The predicted octanol–water partition coefficient (Wildman–Crippen LogP) is 3.52. The molecule has 2 aromatic heterocycles. The number of carbonyl (C=O) groups is 2. The number of carbonyl (C=O) groups excluding carboxylic acids is 2. The van der Waals surface area contributed by atoms with Gasteiger partial charge < -0.3 is 11.1 Å². The summed E-state index contributed by atoms with van der Waals surface area (Å²) in [6.07, 6.45) is 4.55. The fraction of sp³-hybridized carbons (Fsp3) is 0.391. The van der Waals surface area contributed by atoms with Gasteiger partial charge in [0.15, 0.2) is 5.65 Å². The van der Waals surface area contributed by atoms with Gasteiger partial charge in [-0.3, -0.25) is 9.59 Å². The second kappa shape index (κ2) is 7.55. The molecule has 3 N–H and O–H groups in total. The Bertz CT molecular complexity index is 1130. The summed E-state index contributed by atoms with van der Waals surface area (Å²) in [6, 6.07) is 9.80. The lowest BCUT2D eigenvalue weighted by Crippen LogP contribution is -2.55. The molecule has 1 aromatic carbocycles. The lowest BCUT2D eigenvalue weighted by Gasteiger charge is -2.26. The van der Waals surface area contributed by atoms with E-state index in [1.807, 2.05) is 49.7 Å². The van der Waals surface area contributed by atoms with Gasteiger partial charge in [0.2, 0.25) is 5.91 Å². The van der Waals surface area contributed by atoms with Crippen LogP contribution in [-0.2, 0) is 4.79 Å². The molecule has 0 bridgehead atoms. The summed E-state index contributed by atoms with van der Waals surface area (Å²) in [6.45, 7) is 6.06. The average Bonchev–Trinajstić information content (AvgIpc) is 3.35. The number of nitrogens with zero attached hydrogens (tertiary/aromatic N) is 3. The minimum absolute atomic E-state index is 0.0878. The first-order chi connectivity index (χ1) is 14.3. The van der Waals surface area contributed by atoms with Crippen LogP contribution in [0.3, 0.4) is 0 Å². The number of rotatable bonds is 5.